The zero-order chi connectivity index (χ0) is 11.4. The number of carbonyl (C=O) groups is 2. The van der Waals surface area contributed by atoms with Crippen molar-refractivity contribution in [2.75, 3.05) is 0 Å². The predicted octanol–water partition coefficient (Wildman–Crippen LogP) is 2.52. The molecule has 0 radical (unpaired) electrons. The fourth-order valence-electron chi connectivity index (χ4n) is 1.04. The van der Waals surface area contributed by atoms with Crippen molar-refractivity contribution in [2.45, 2.75) is 6.61 Å². The van der Waals surface area contributed by atoms with E-state index in [9.17, 15) is 18.4 Å². The smallest absolute Gasteiger partial charge is 0.387 e. The van der Waals surface area contributed by atoms with E-state index in [0.29, 0.717) is 16.1 Å². The van der Waals surface area contributed by atoms with Gasteiger partial charge in [0.25, 0.3) is 0 Å². The molecule has 0 fully saturated rings. The Labute approximate surface area is 97.6 Å². The highest BCUT2D eigenvalue weighted by atomic mass is 127. The number of hydrogen-bond donors (Lipinski definition) is 0. The van der Waals surface area contributed by atoms with Crippen molar-refractivity contribution >= 4 is 35.2 Å². The first-order valence-corrected chi connectivity index (χ1v) is 4.85. The maximum Gasteiger partial charge on any atom is 0.387 e. The average molecular weight is 326 g/mol. The lowest BCUT2D eigenvalue weighted by molar-refractivity contribution is -0.0503. The Kier molecular flexibility index (Phi) is 4.13. The first-order chi connectivity index (χ1) is 7.08. The maximum atomic E-state index is 12.0. The normalized spacial score (nSPS) is 10.1. The first-order valence-electron chi connectivity index (χ1n) is 3.77. The van der Waals surface area contributed by atoms with Crippen LogP contribution in [0.15, 0.2) is 12.1 Å². The molecule has 1 aromatic carbocycles. The van der Waals surface area contributed by atoms with Gasteiger partial charge in [-0.1, -0.05) is 0 Å². The largest absolute Gasteiger partial charge is 0.433 e. The van der Waals surface area contributed by atoms with Crippen LogP contribution in [-0.2, 0) is 0 Å². The second kappa shape index (κ2) is 5.15. The van der Waals surface area contributed by atoms with E-state index in [0.717, 1.165) is 0 Å². The number of aldehydes is 2. The first kappa shape index (κ1) is 12.0. The van der Waals surface area contributed by atoms with Crippen LogP contribution in [0.25, 0.3) is 0 Å². The average Bonchev–Trinajstić information content (AvgIpc) is 2.19. The van der Waals surface area contributed by atoms with E-state index in [-0.39, 0.29) is 16.9 Å². The van der Waals surface area contributed by atoms with Crippen molar-refractivity contribution in [1.82, 2.24) is 0 Å². The highest BCUT2D eigenvalue weighted by Gasteiger charge is 2.15. The van der Waals surface area contributed by atoms with Crippen LogP contribution in [-0.4, -0.2) is 19.2 Å². The molecule has 0 aliphatic rings. The second-order valence-electron chi connectivity index (χ2n) is 2.53. The lowest BCUT2D eigenvalue weighted by Gasteiger charge is -2.09. The Bertz CT molecular complexity index is 364. The predicted molar refractivity (Wildman–Crippen MR) is 56.6 cm³/mol. The summed E-state index contributed by atoms with van der Waals surface area (Å²) in [5, 5.41) is 0. The van der Waals surface area contributed by atoms with Gasteiger partial charge < -0.3 is 4.74 Å². The summed E-state index contributed by atoms with van der Waals surface area (Å²) in [6, 6.07) is 2.72. The fourth-order valence-corrected chi connectivity index (χ4v) is 1.71. The van der Waals surface area contributed by atoms with Gasteiger partial charge in [0.1, 0.15) is 5.75 Å². The van der Waals surface area contributed by atoms with E-state index in [1.165, 1.54) is 12.1 Å². The summed E-state index contributed by atoms with van der Waals surface area (Å²) in [5.74, 6) is -0.379. The summed E-state index contributed by atoms with van der Waals surface area (Å²) >= 11 is 1.87. The molecule has 3 nitrogen and oxygen atoms in total. The van der Waals surface area contributed by atoms with Crippen LogP contribution < -0.4 is 4.74 Å². The number of alkyl halides is 2. The monoisotopic (exact) mass is 326 g/mol. The van der Waals surface area contributed by atoms with Crippen molar-refractivity contribution in [1.29, 1.82) is 0 Å². The van der Waals surface area contributed by atoms with Gasteiger partial charge in [-0.2, -0.15) is 8.78 Å². The molecule has 0 aliphatic carbocycles. The topological polar surface area (TPSA) is 43.4 Å². The number of benzene rings is 1. The minimum Gasteiger partial charge on any atom is -0.433 e. The number of ether oxygens (including phenoxy) is 1. The molecule has 0 saturated carbocycles. The van der Waals surface area contributed by atoms with Crippen molar-refractivity contribution in [3.63, 3.8) is 0 Å². The lowest BCUT2D eigenvalue weighted by atomic mass is 10.1. The molecular weight excluding hydrogens is 321 g/mol. The molecule has 1 aromatic rings. The van der Waals surface area contributed by atoms with Crippen LogP contribution >= 0.6 is 22.6 Å². The molecule has 0 spiro atoms. The summed E-state index contributed by atoms with van der Waals surface area (Å²) in [6.45, 7) is -3.07. The van der Waals surface area contributed by atoms with Crippen LogP contribution in [0.1, 0.15) is 20.7 Å². The van der Waals surface area contributed by atoms with Crippen LogP contribution in [0.2, 0.25) is 0 Å². The zero-order valence-corrected chi connectivity index (χ0v) is 9.40. The minimum absolute atomic E-state index is 0.0655. The van der Waals surface area contributed by atoms with Gasteiger partial charge in [-0.15, -0.1) is 0 Å². The van der Waals surface area contributed by atoms with E-state index in [1.807, 2.05) is 22.6 Å². The fraction of sp³-hybridized carbons (Fsp3) is 0.111. The van der Waals surface area contributed by atoms with E-state index in [1.54, 1.807) is 0 Å². The summed E-state index contributed by atoms with van der Waals surface area (Å²) < 4.78 is 28.7. The zero-order valence-electron chi connectivity index (χ0n) is 7.25. The molecule has 0 unspecified atom stereocenters. The van der Waals surface area contributed by atoms with Gasteiger partial charge >= 0.3 is 6.61 Å². The summed E-state index contributed by atoms with van der Waals surface area (Å²) in [5.41, 5.74) is -0.131. The van der Waals surface area contributed by atoms with Gasteiger partial charge in [0, 0.05) is 3.57 Å². The van der Waals surface area contributed by atoms with E-state index < -0.39 is 6.61 Å². The number of carbonyl (C=O) groups excluding carboxylic acids is 2. The number of hydrogen-bond acceptors (Lipinski definition) is 3. The van der Waals surface area contributed by atoms with Gasteiger partial charge in [-0.25, -0.2) is 0 Å². The second-order valence-corrected chi connectivity index (χ2v) is 3.77. The van der Waals surface area contributed by atoms with Crippen LogP contribution in [0.5, 0.6) is 5.75 Å². The van der Waals surface area contributed by atoms with Crippen LogP contribution in [0.3, 0.4) is 0 Å². The Balaban J connectivity index is 3.29. The SMILES string of the molecule is O=Cc1cc(I)cc(C=O)c1OC(F)F. The molecule has 0 saturated heterocycles. The molecule has 0 aromatic heterocycles. The van der Waals surface area contributed by atoms with Gasteiger partial charge in [0.05, 0.1) is 11.1 Å². The third-order valence-corrected chi connectivity index (χ3v) is 2.19. The summed E-state index contributed by atoms with van der Waals surface area (Å²) in [4.78, 5) is 21.2. The Morgan fingerprint density at radius 3 is 2.00 bits per heavy atom. The van der Waals surface area contributed by atoms with Crippen LogP contribution in [0.4, 0.5) is 8.78 Å². The standard InChI is InChI=1S/C9H5F2IO3/c10-9(11)15-8-5(3-13)1-7(12)2-6(8)4-14/h1-4,9H. The maximum absolute atomic E-state index is 12.0. The molecule has 0 atom stereocenters. The van der Waals surface area contributed by atoms with Gasteiger partial charge in [0.2, 0.25) is 0 Å². The van der Waals surface area contributed by atoms with E-state index in [2.05, 4.69) is 4.74 Å². The highest BCUT2D eigenvalue weighted by Crippen LogP contribution is 2.26. The quantitative estimate of drug-likeness (QED) is 0.631. The number of halogens is 3. The van der Waals surface area contributed by atoms with Crippen LogP contribution in [0, 0.1) is 3.57 Å². The Hall–Kier alpha value is -1.05. The highest BCUT2D eigenvalue weighted by molar-refractivity contribution is 14.1. The third kappa shape index (κ3) is 2.95. The lowest BCUT2D eigenvalue weighted by Crippen LogP contribution is -2.07. The molecule has 0 N–H and O–H groups in total. The van der Waals surface area contributed by atoms with Crippen molar-refractivity contribution in [2.24, 2.45) is 0 Å². The molecule has 15 heavy (non-hydrogen) atoms. The van der Waals surface area contributed by atoms with Crippen molar-refractivity contribution in [3.05, 3.63) is 26.8 Å². The Morgan fingerprint density at radius 1 is 1.20 bits per heavy atom. The molecule has 0 heterocycles. The summed E-state index contributed by atoms with van der Waals surface area (Å²) in [6.07, 6.45) is 0.736. The molecule has 1 rings (SSSR count). The third-order valence-electron chi connectivity index (χ3n) is 1.57. The summed E-state index contributed by atoms with van der Waals surface area (Å²) in [7, 11) is 0. The molecule has 0 bridgehead atoms. The van der Waals surface area contributed by atoms with Gasteiger partial charge in [0.15, 0.2) is 12.6 Å². The molecular formula is C9H5F2IO3. The van der Waals surface area contributed by atoms with Gasteiger partial charge in [-0.05, 0) is 34.7 Å². The molecule has 6 heteroatoms. The number of rotatable bonds is 4. The van der Waals surface area contributed by atoms with Crippen molar-refractivity contribution < 1.29 is 23.1 Å². The minimum atomic E-state index is -3.07. The van der Waals surface area contributed by atoms with Gasteiger partial charge in [-0.3, -0.25) is 9.59 Å². The Morgan fingerprint density at radius 2 is 1.67 bits per heavy atom. The van der Waals surface area contributed by atoms with E-state index in [4.69, 9.17) is 0 Å². The van der Waals surface area contributed by atoms with Crippen molar-refractivity contribution in [3.8, 4) is 5.75 Å². The molecule has 80 valence electrons. The molecule has 0 amide bonds. The van der Waals surface area contributed by atoms with E-state index >= 15 is 0 Å². The molecule has 0 aliphatic heterocycles.